The van der Waals surface area contributed by atoms with Crippen LogP contribution in [0, 0.1) is 11.3 Å². The maximum Gasteiger partial charge on any atom is 0.305 e. The first-order valence-corrected chi connectivity index (χ1v) is 17.1. The number of rotatable bonds is 14. The molecule has 10 heteroatoms. The molecule has 254 valence electrons. The fraction of sp³-hybridized carbons (Fsp3) is 0.583. The minimum atomic E-state index is -0.974. The molecule has 0 aromatic heterocycles. The van der Waals surface area contributed by atoms with E-state index in [0.717, 1.165) is 43.6 Å². The van der Waals surface area contributed by atoms with Gasteiger partial charge in [0.25, 0.3) is 5.91 Å². The molecule has 0 saturated carbocycles. The smallest absolute Gasteiger partial charge is 0.305 e. The molecule has 0 aliphatic carbocycles. The second kappa shape index (κ2) is 16.4. The summed E-state index contributed by atoms with van der Waals surface area (Å²) in [5, 5.41) is 12.5. The Balaban J connectivity index is 2.03. The van der Waals surface area contributed by atoms with E-state index in [1.807, 2.05) is 24.0 Å². The molecule has 8 nitrogen and oxygen atoms in total. The van der Waals surface area contributed by atoms with Crippen LogP contribution in [0.3, 0.4) is 0 Å². The van der Waals surface area contributed by atoms with E-state index in [1.165, 1.54) is 0 Å². The van der Waals surface area contributed by atoms with Gasteiger partial charge in [0.05, 0.1) is 24.0 Å². The number of benzene rings is 2. The highest BCUT2D eigenvalue weighted by Gasteiger charge is 2.44. The van der Waals surface area contributed by atoms with Crippen LogP contribution in [0.2, 0.25) is 10.0 Å². The van der Waals surface area contributed by atoms with Gasteiger partial charge in [0.2, 0.25) is 5.91 Å². The lowest BCUT2D eigenvalue weighted by atomic mass is 9.83. The van der Waals surface area contributed by atoms with Gasteiger partial charge in [-0.25, -0.2) is 0 Å². The van der Waals surface area contributed by atoms with Crippen molar-refractivity contribution in [3.63, 3.8) is 0 Å². The van der Waals surface area contributed by atoms with Crippen LogP contribution in [-0.4, -0.2) is 64.5 Å². The number of hydrogen-bond acceptors (Lipinski definition) is 5. The van der Waals surface area contributed by atoms with E-state index in [-0.39, 0.29) is 36.2 Å². The fourth-order valence-corrected chi connectivity index (χ4v) is 6.50. The Morgan fingerprint density at radius 1 is 0.978 bits per heavy atom. The Hall–Kier alpha value is -2.65. The number of amides is 2. The summed E-state index contributed by atoms with van der Waals surface area (Å²) in [6, 6.07) is 12.1. The van der Waals surface area contributed by atoms with Crippen LogP contribution in [0.5, 0.6) is 0 Å². The van der Waals surface area contributed by atoms with E-state index < -0.39 is 17.6 Å². The summed E-state index contributed by atoms with van der Waals surface area (Å²) in [4.78, 5) is 42.8. The zero-order valence-corrected chi connectivity index (χ0v) is 29.8. The highest BCUT2D eigenvalue weighted by atomic mass is 35.5. The topological polar surface area (TPSA) is 116 Å². The number of carbonyl (C=O) groups excluding carboxylic acids is 2. The van der Waals surface area contributed by atoms with E-state index >= 15 is 0 Å². The number of halogens is 2. The van der Waals surface area contributed by atoms with Crippen LogP contribution in [0.25, 0.3) is 0 Å². The highest BCUT2D eigenvalue weighted by molar-refractivity contribution is 6.34. The van der Waals surface area contributed by atoms with Gasteiger partial charge in [0, 0.05) is 35.2 Å². The normalized spacial score (nSPS) is 16.6. The quantitative estimate of drug-likeness (QED) is 0.179. The molecule has 1 unspecified atom stereocenters. The number of aliphatic carboxylic acids is 1. The van der Waals surface area contributed by atoms with Gasteiger partial charge in [-0.3, -0.25) is 14.4 Å². The Bertz CT molecular complexity index is 1310. The Labute approximate surface area is 285 Å². The van der Waals surface area contributed by atoms with Gasteiger partial charge in [-0.2, -0.15) is 0 Å². The first-order valence-electron chi connectivity index (χ1n) is 16.4. The van der Waals surface area contributed by atoms with Crippen molar-refractivity contribution in [2.75, 3.05) is 26.2 Å². The second-order valence-corrected chi connectivity index (χ2v) is 15.3. The lowest BCUT2D eigenvalue weighted by molar-refractivity contribution is -0.146. The summed E-state index contributed by atoms with van der Waals surface area (Å²) >= 11 is 12.7. The molecule has 1 aliphatic rings. The van der Waals surface area contributed by atoms with Crippen LogP contribution in [-0.2, 0) is 9.59 Å². The number of nitrogens with two attached hydrogens (primary N) is 1. The number of nitrogens with zero attached hydrogens (tertiary/aromatic N) is 2. The van der Waals surface area contributed by atoms with Crippen molar-refractivity contribution in [3.05, 3.63) is 69.2 Å². The summed E-state index contributed by atoms with van der Waals surface area (Å²) in [5.74, 6) is -1.35. The van der Waals surface area contributed by atoms with Crippen LogP contribution >= 0.6 is 23.2 Å². The molecule has 4 N–H and O–H groups in total. The van der Waals surface area contributed by atoms with Crippen molar-refractivity contribution in [1.82, 2.24) is 15.1 Å². The van der Waals surface area contributed by atoms with Crippen molar-refractivity contribution < 1.29 is 19.5 Å². The first kappa shape index (κ1) is 37.8. The molecule has 3 rings (SSSR count). The molecule has 46 heavy (non-hydrogen) atoms. The van der Waals surface area contributed by atoms with Crippen molar-refractivity contribution in [2.24, 2.45) is 17.1 Å². The van der Waals surface area contributed by atoms with Gasteiger partial charge in [-0.15, -0.1) is 0 Å². The van der Waals surface area contributed by atoms with Crippen molar-refractivity contribution in [2.45, 2.75) is 97.7 Å². The molecule has 0 radical (unpaired) electrons. The fourth-order valence-electron chi connectivity index (χ4n) is 5.96. The maximum absolute atomic E-state index is 14.8. The molecule has 1 aliphatic heterocycles. The van der Waals surface area contributed by atoms with Gasteiger partial charge in [-0.1, -0.05) is 70.0 Å². The Morgan fingerprint density at radius 2 is 1.57 bits per heavy atom. The van der Waals surface area contributed by atoms with E-state index in [9.17, 15) is 14.4 Å². The molecule has 2 aromatic carbocycles. The number of hydrogen-bond donors (Lipinski definition) is 3. The van der Waals surface area contributed by atoms with Gasteiger partial charge in [0.1, 0.15) is 0 Å². The van der Waals surface area contributed by atoms with Gasteiger partial charge >= 0.3 is 5.97 Å². The summed E-state index contributed by atoms with van der Waals surface area (Å²) in [7, 11) is 0. The third-order valence-electron chi connectivity index (χ3n) is 8.88. The lowest BCUT2D eigenvalue weighted by Crippen LogP contribution is -2.64. The first-order chi connectivity index (χ1) is 21.5. The summed E-state index contributed by atoms with van der Waals surface area (Å²) in [6.07, 6.45) is 3.74. The lowest BCUT2D eigenvalue weighted by Gasteiger charge is -2.51. The molecular formula is C36H52Cl2N4O4. The molecule has 2 amide bonds. The van der Waals surface area contributed by atoms with Crippen LogP contribution in [0.1, 0.15) is 114 Å². The molecule has 1 saturated heterocycles. The minimum Gasteiger partial charge on any atom is -0.481 e. The molecule has 0 spiro atoms. The molecule has 2 atom stereocenters. The third-order valence-corrected chi connectivity index (χ3v) is 9.32. The van der Waals surface area contributed by atoms with Gasteiger partial charge in [-0.05, 0) is 98.4 Å². The third kappa shape index (κ3) is 11.0. The number of carboxylic acid groups (broad SMARTS) is 1. The average Bonchev–Trinajstić information content (AvgIpc) is 2.97. The van der Waals surface area contributed by atoms with E-state index in [2.05, 4.69) is 44.8 Å². The molecule has 0 bridgehead atoms. The van der Waals surface area contributed by atoms with Crippen molar-refractivity contribution in [1.29, 1.82) is 0 Å². The molecule has 1 heterocycles. The van der Waals surface area contributed by atoms with Gasteiger partial charge in [0.15, 0.2) is 0 Å². The molecule has 1 fully saturated rings. The maximum atomic E-state index is 14.8. The Morgan fingerprint density at radius 3 is 2.09 bits per heavy atom. The van der Waals surface area contributed by atoms with Gasteiger partial charge < -0.3 is 26.0 Å². The molecule has 2 aromatic rings. The SMILES string of the molecule is CC(C)CCN1CCC(N)(N(C(=O)C(C)c2cc(Cl)cc(Cl)c2)[C@H](CCC(C)(C)C)c2ccc(C(=O)NCCC(=O)O)cc2)CC1. The number of carboxylic acids is 1. The zero-order chi connectivity index (χ0) is 34.2. The predicted molar refractivity (Wildman–Crippen MR) is 186 cm³/mol. The molecular weight excluding hydrogens is 623 g/mol. The number of nitrogens with one attached hydrogen (secondary N) is 1. The van der Waals surface area contributed by atoms with E-state index in [4.69, 9.17) is 34.0 Å². The zero-order valence-electron chi connectivity index (χ0n) is 28.2. The van der Waals surface area contributed by atoms with E-state index in [0.29, 0.717) is 40.8 Å². The van der Waals surface area contributed by atoms with Crippen LogP contribution in [0.4, 0.5) is 0 Å². The highest BCUT2D eigenvalue weighted by Crippen LogP contribution is 2.40. The minimum absolute atomic E-state index is 0.00496. The predicted octanol–water partition coefficient (Wildman–Crippen LogP) is 7.49. The summed E-state index contributed by atoms with van der Waals surface area (Å²) in [5.41, 5.74) is 8.50. The standard InChI is InChI=1S/C36H52Cl2N4O4/c1-24(2)13-18-41-19-15-36(39,16-20-41)42(34(46)25(3)28-21-29(37)23-30(38)22-28)31(11-14-35(4,5)6)26-7-9-27(10-8-26)33(45)40-17-12-32(43)44/h7-10,21-25,31H,11-20,39H2,1-6H3,(H,40,45)(H,43,44)/t25?,31-/m1/s1. The van der Waals surface area contributed by atoms with Crippen molar-refractivity contribution >= 4 is 41.0 Å². The summed E-state index contributed by atoms with van der Waals surface area (Å²) < 4.78 is 0. The monoisotopic (exact) mass is 674 g/mol. The van der Waals surface area contributed by atoms with Crippen LogP contribution < -0.4 is 11.1 Å². The number of piperidine rings is 1. The second-order valence-electron chi connectivity index (χ2n) is 14.4. The number of carbonyl (C=O) groups is 3. The average molecular weight is 676 g/mol. The van der Waals surface area contributed by atoms with Crippen LogP contribution in [0.15, 0.2) is 42.5 Å². The summed E-state index contributed by atoms with van der Waals surface area (Å²) in [6.45, 7) is 15.5. The largest absolute Gasteiger partial charge is 0.481 e. The van der Waals surface area contributed by atoms with Crippen molar-refractivity contribution in [3.8, 4) is 0 Å². The Kier molecular flexibility index (Phi) is 13.5. The van der Waals surface area contributed by atoms with E-state index in [1.54, 1.807) is 30.3 Å². The number of likely N-dealkylation sites (tertiary alicyclic amines) is 1.